The summed E-state index contributed by atoms with van der Waals surface area (Å²) in [6.07, 6.45) is 53.0. The number of aliphatic hydroxyl groups is 2. The predicted octanol–water partition coefficient (Wildman–Crippen LogP) is 16.4. The summed E-state index contributed by atoms with van der Waals surface area (Å²) in [5, 5.41) is 23.8. The van der Waals surface area contributed by atoms with Crippen LogP contribution < -0.4 is 5.32 Å². The van der Waals surface area contributed by atoms with Crippen LogP contribution in [-0.2, 0) is 14.3 Å². The molecule has 0 radical (unpaired) electrons. The summed E-state index contributed by atoms with van der Waals surface area (Å²) in [6, 6.07) is -0.692. The minimum Gasteiger partial charge on any atom is -0.462 e. The molecule has 0 saturated carbocycles. The van der Waals surface area contributed by atoms with Crippen LogP contribution in [0.4, 0.5) is 0 Å². The van der Waals surface area contributed by atoms with Crippen LogP contribution in [0, 0.1) is 0 Å². The first-order valence-corrected chi connectivity index (χ1v) is 27.3. The zero-order valence-electron chi connectivity index (χ0n) is 40.9. The lowest BCUT2D eigenvalue weighted by atomic mass is 10.0. The second-order valence-electron chi connectivity index (χ2n) is 19.0. The maximum atomic E-state index is 13.2. The fourth-order valence-electron chi connectivity index (χ4n) is 8.79. The number of rotatable bonds is 50. The summed E-state index contributed by atoms with van der Waals surface area (Å²) in [5.41, 5.74) is 0. The summed E-state index contributed by atoms with van der Waals surface area (Å²) < 4.78 is 5.95. The summed E-state index contributed by atoms with van der Waals surface area (Å²) in [7, 11) is 0. The normalized spacial score (nSPS) is 13.1. The monoisotopic (exact) mass is 850 g/mol. The Bertz CT molecular complexity index is 867. The van der Waals surface area contributed by atoms with Crippen LogP contribution >= 0.6 is 0 Å². The van der Waals surface area contributed by atoms with Gasteiger partial charge in [-0.3, -0.25) is 9.59 Å². The van der Waals surface area contributed by atoms with Crippen molar-refractivity contribution < 1.29 is 24.5 Å². The van der Waals surface area contributed by atoms with Gasteiger partial charge in [0.25, 0.3) is 0 Å². The van der Waals surface area contributed by atoms with Gasteiger partial charge >= 0.3 is 5.97 Å². The van der Waals surface area contributed by atoms with Crippen molar-refractivity contribution in [1.82, 2.24) is 5.32 Å². The van der Waals surface area contributed by atoms with Crippen LogP contribution in [0.3, 0.4) is 0 Å². The molecule has 60 heavy (non-hydrogen) atoms. The lowest BCUT2D eigenvalue weighted by molar-refractivity contribution is -0.151. The van der Waals surface area contributed by atoms with Crippen molar-refractivity contribution in [3.8, 4) is 0 Å². The Balaban J connectivity index is 4.51. The van der Waals surface area contributed by atoms with Gasteiger partial charge in [-0.1, -0.05) is 271 Å². The number of carbonyl (C=O) groups excluding carboxylic acids is 2. The maximum absolute atomic E-state index is 13.2. The summed E-state index contributed by atoms with van der Waals surface area (Å²) in [6.45, 7) is 6.52. The van der Waals surface area contributed by atoms with Gasteiger partial charge in [-0.2, -0.15) is 0 Å². The van der Waals surface area contributed by atoms with E-state index in [0.29, 0.717) is 19.3 Å². The van der Waals surface area contributed by atoms with Gasteiger partial charge in [-0.05, 0) is 25.7 Å². The third kappa shape index (κ3) is 43.5. The molecule has 358 valence electrons. The van der Waals surface area contributed by atoms with Gasteiger partial charge in [-0.15, -0.1) is 0 Å². The largest absolute Gasteiger partial charge is 0.462 e. The smallest absolute Gasteiger partial charge is 0.306 e. The van der Waals surface area contributed by atoms with Crippen LogP contribution in [0.2, 0.25) is 0 Å². The van der Waals surface area contributed by atoms with E-state index in [1.54, 1.807) is 0 Å². The number of amides is 1. The number of unbranched alkanes of at least 4 members (excludes halogenated alkanes) is 38. The highest BCUT2D eigenvalue weighted by molar-refractivity contribution is 5.77. The molecule has 6 nitrogen and oxygen atoms in total. The number of hydrogen-bond donors (Lipinski definition) is 3. The summed E-state index contributed by atoms with van der Waals surface area (Å²) in [4.78, 5) is 26.2. The topological polar surface area (TPSA) is 95.9 Å². The standard InChI is InChI=1S/C54H107NO5/c1-4-7-10-13-16-19-22-25-26-27-29-30-33-36-39-42-45-50(60-54(59)47-44-41-38-35-32-28-23-20-17-14-11-8-5-2)48-53(58)55-51(49-56)52(57)46-43-40-37-34-31-24-21-18-15-12-9-6-3/h50-52,56-57H,4-49H2,1-3H3,(H,55,58). The van der Waals surface area contributed by atoms with Gasteiger partial charge in [0.2, 0.25) is 5.91 Å². The van der Waals surface area contributed by atoms with E-state index in [9.17, 15) is 19.8 Å². The molecule has 0 aromatic rings. The Morgan fingerprint density at radius 3 is 1.02 bits per heavy atom. The van der Waals surface area contributed by atoms with Gasteiger partial charge in [0.1, 0.15) is 6.10 Å². The molecule has 6 heteroatoms. The number of esters is 1. The Hall–Kier alpha value is -1.14. The van der Waals surface area contributed by atoms with E-state index < -0.39 is 18.2 Å². The lowest BCUT2D eigenvalue weighted by Gasteiger charge is -2.24. The number of nitrogens with one attached hydrogen (secondary N) is 1. The van der Waals surface area contributed by atoms with E-state index in [-0.39, 0.29) is 24.9 Å². The van der Waals surface area contributed by atoms with Gasteiger partial charge in [0.15, 0.2) is 0 Å². The second-order valence-corrected chi connectivity index (χ2v) is 19.0. The van der Waals surface area contributed by atoms with Crippen LogP contribution in [0.15, 0.2) is 0 Å². The first kappa shape index (κ1) is 58.9. The highest BCUT2D eigenvalue weighted by Gasteiger charge is 2.24. The number of hydrogen-bond acceptors (Lipinski definition) is 5. The quantitative estimate of drug-likeness (QED) is 0.0419. The zero-order chi connectivity index (χ0) is 43.8. The Labute approximate surface area is 375 Å². The molecule has 3 N–H and O–H groups in total. The minimum absolute atomic E-state index is 0.0882. The molecule has 0 rings (SSSR count). The van der Waals surface area contributed by atoms with E-state index in [0.717, 1.165) is 38.5 Å². The van der Waals surface area contributed by atoms with Crippen molar-refractivity contribution in [3.05, 3.63) is 0 Å². The van der Waals surface area contributed by atoms with E-state index in [4.69, 9.17) is 4.74 Å². The van der Waals surface area contributed by atoms with E-state index in [1.165, 1.54) is 225 Å². The van der Waals surface area contributed by atoms with E-state index in [1.807, 2.05) is 0 Å². The van der Waals surface area contributed by atoms with Crippen molar-refractivity contribution in [2.45, 2.75) is 328 Å². The van der Waals surface area contributed by atoms with Crippen molar-refractivity contribution in [2.75, 3.05) is 6.61 Å². The third-order valence-corrected chi connectivity index (χ3v) is 12.9. The second kappa shape index (κ2) is 48.9. The third-order valence-electron chi connectivity index (χ3n) is 12.9. The maximum Gasteiger partial charge on any atom is 0.306 e. The number of carbonyl (C=O) groups is 2. The highest BCUT2D eigenvalue weighted by atomic mass is 16.5. The molecule has 0 aliphatic heterocycles. The molecule has 0 spiro atoms. The van der Waals surface area contributed by atoms with Crippen LogP contribution in [0.5, 0.6) is 0 Å². The highest BCUT2D eigenvalue weighted by Crippen LogP contribution is 2.19. The molecular formula is C54H107NO5. The average Bonchev–Trinajstić information content (AvgIpc) is 3.24. The van der Waals surface area contributed by atoms with Crippen LogP contribution in [-0.4, -0.2) is 46.9 Å². The van der Waals surface area contributed by atoms with Crippen molar-refractivity contribution >= 4 is 11.9 Å². The molecule has 0 heterocycles. The fourth-order valence-corrected chi connectivity index (χ4v) is 8.79. The molecule has 0 aliphatic rings. The molecule has 3 atom stereocenters. The lowest BCUT2D eigenvalue weighted by Crippen LogP contribution is -2.46. The first-order valence-electron chi connectivity index (χ1n) is 27.3. The molecule has 0 saturated heterocycles. The van der Waals surface area contributed by atoms with Crippen molar-refractivity contribution in [3.63, 3.8) is 0 Å². The molecule has 0 aromatic carbocycles. The van der Waals surface area contributed by atoms with Crippen LogP contribution in [0.1, 0.15) is 310 Å². The molecule has 0 aromatic heterocycles. The summed E-state index contributed by atoms with van der Waals surface area (Å²) in [5.74, 6) is -0.448. The SMILES string of the molecule is CCCCCCCCCCCCCCCCCCC(CC(=O)NC(CO)C(O)CCCCCCCCCCCCCC)OC(=O)CCCCCCCCCCCCCCC. The van der Waals surface area contributed by atoms with Gasteiger partial charge in [-0.25, -0.2) is 0 Å². The molecule has 0 aliphatic carbocycles. The van der Waals surface area contributed by atoms with Gasteiger partial charge in [0, 0.05) is 6.42 Å². The number of aliphatic hydroxyl groups excluding tert-OH is 2. The predicted molar refractivity (Wildman–Crippen MR) is 260 cm³/mol. The molecular weight excluding hydrogens is 743 g/mol. The fraction of sp³-hybridized carbons (Fsp3) is 0.963. The molecule has 0 bridgehead atoms. The number of ether oxygens (including phenoxy) is 1. The molecule has 3 unspecified atom stereocenters. The van der Waals surface area contributed by atoms with E-state index >= 15 is 0 Å². The zero-order valence-corrected chi connectivity index (χ0v) is 40.9. The van der Waals surface area contributed by atoms with Crippen molar-refractivity contribution in [1.29, 1.82) is 0 Å². The average molecular weight is 850 g/mol. The first-order chi connectivity index (χ1) is 29.5. The minimum atomic E-state index is -0.779. The van der Waals surface area contributed by atoms with Gasteiger partial charge < -0.3 is 20.3 Å². The Morgan fingerprint density at radius 1 is 0.417 bits per heavy atom. The Morgan fingerprint density at radius 2 is 0.700 bits per heavy atom. The molecule has 0 fully saturated rings. The van der Waals surface area contributed by atoms with Gasteiger partial charge in [0.05, 0.1) is 25.2 Å². The molecule has 1 amide bonds. The van der Waals surface area contributed by atoms with E-state index in [2.05, 4.69) is 26.1 Å². The van der Waals surface area contributed by atoms with Crippen molar-refractivity contribution in [2.24, 2.45) is 0 Å². The summed E-state index contributed by atoms with van der Waals surface area (Å²) >= 11 is 0. The van der Waals surface area contributed by atoms with Crippen LogP contribution in [0.25, 0.3) is 0 Å². The Kier molecular flexibility index (Phi) is 48.0.